The third-order valence-electron chi connectivity index (χ3n) is 4.87. The van der Waals surface area contributed by atoms with E-state index in [1.807, 2.05) is 24.3 Å². The van der Waals surface area contributed by atoms with Crippen LogP contribution in [0.1, 0.15) is 39.2 Å². The van der Waals surface area contributed by atoms with Crippen molar-refractivity contribution in [2.24, 2.45) is 0 Å². The van der Waals surface area contributed by atoms with Crippen LogP contribution in [0.4, 0.5) is 10.5 Å². The van der Waals surface area contributed by atoms with Crippen molar-refractivity contribution < 1.29 is 32.6 Å². The van der Waals surface area contributed by atoms with Gasteiger partial charge in [0.05, 0.1) is 38.7 Å². The molecule has 3 rings (SSSR count). The van der Waals surface area contributed by atoms with Crippen LogP contribution in [0.25, 0.3) is 5.57 Å². The van der Waals surface area contributed by atoms with Gasteiger partial charge in [-0.2, -0.15) is 0 Å². The van der Waals surface area contributed by atoms with Gasteiger partial charge in [-0.1, -0.05) is 18.2 Å². The first-order valence-corrected chi connectivity index (χ1v) is 12.0. The van der Waals surface area contributed by atoms with Crippen LogP contribution < -0.4 is 4.90 Å². The van der Waals surface area contributed by atoms with Crippen molar-refractivity contribution in [2.75, 3.05) is 37.9 Å². The Labute approximate surface area is 177 Å². The lowest BCUT2D eigenvalue weighted by molar-refractivity contribution is -0.0453. The number of ether oxygens (including phenoxy) is 3. The standard InChI is InChI=1S/C21H30NO7P/c1-4-25-21(23)22-18-10-8-7-9-17(18)16(11-12-20-26-13-14-27-20)15-19(22)30(24,28-5-2)29-6-3/h7-10,15,19-20H,4-6,11-14H2,1-3H3. The predicted molar refractivity (Wildman–Crippen MR) is 113 cm³/mol. The molecule has 1 aromatic rings. The number of rotatable bonds is 9. The van der Waals surface area contributed by atoms with E-state index >= 15 is 0 Å². The highest BCUT2D eigenvalue weighted by Crippen LogP contribution is 2.58. The molecule has 1 aromatic carbocycles. The molecule has 8 nitrogen and oxygen atoms in total. The first kappa shape index (κ1) is 23.0. The fraction of sp³-hybridized carbons (Fsp3) is 0.571. The van der Waals surface area contributed by atoms with Gasteiger partial charge >= 0.3 is 13.7 Å². The maximum absolute atomic E-state index is 13.7. The molecule has 0 aliphatic carbocycles. The molecule has 30 heavy (non-hydrogen) atoms. The zero-order chi connectivity index (χ0) is 21.6. The summed E-state index contributed by atoms with van der Waals surface area (Å²) in [4.78, 5) is 14.3. The van der Waals surface area contributed by atoms with Gasteiger partial charge in [0.15, 0.2) is 12.1 Å². The highest BCUT2D eigenvalue weighted by Gasteiger charge is 2.45. The van der Waals surface area contributed by atoms with Crippen LogP contribution in [-0.4, -0.2) is 51.2 Å². The van der Waals surface area contributed by atoms with Crippen LogP contribution in [-0.2, 0) is 27.8 Å². The van der Waals surface area contributed by atoms with E-state index in [0.717, 1.165) is 11.1 Å². The Morgan fingerprint density at radius 1 is 1.10 bits per heavy atom. The van der Waals surface area contributed by atoms with Crippen molar-refractivity contribution in [2.45, 2.75) is 45.7 Å². The van der Waals surface area contributed by atoms with E-state index in [-0.39, 0.29) is 26.1 Å². The van der Waals surface area contributed by atoms with Crippen molar-refractivity contribution in [3.8, 4) is 0 Å². The Hall–Kier alpha value is -1.70. The fourth-order valence-corrected chi connectivity index (χ4v) is 5.65. The molecule has 0 aromatic heterocycles. The molecule has 9 heteroatoms. The van der Waals surface area contributed by atoms with E-state index in [1.54, 1.807) is 26.8 Å². The van der Waals surface area contributed by atoms with E-state index in [1.165, 1.54) is 4.90 Å². The van der Waals surface area contributed by atoms with Crippen LogP contribution >= 0.6 is 7.60 Å². The molecule has 0 radical (unpaired) electrons. The third kappa shape index (κ3) is 4.95. The number of nitrogens with zero attached hydrogens (tertiary/aromatic N) is 1. The second-order valence-corrected chi connectivity index (χ2v) is 8.90. The Kier molecular flexibility index (Phi) is 8.08. The monoisotopic (exact) mass is 439 g/mol. The molecule has 1 fully saturated rings. The molecule has 0 bridgehead atoms. The van der Waals surface area contributed by atoms with Crippen molar-refractivity contribution in [1.29, 1.82) is 0 Å². The normalized spacial score (nSPS) is 19.5. The van der Waals surface area contributed by atoms with E-state index in [2.05, 4.69) is 0 Å². The van der Waals surface area contributed by atoms with E-state index in [0.29, 0.717) is 31.7 Å². The van der Waals surface area contributed by atoms with Crippen LogP contribution in [0.15, 0.2) is 30.3 Å². The minimum absolute atomic E-state index is 0.193. The van der Waals surface area contributed by atoms with Gasteiger partial charge < -0.3 is 23.3 Å². The maximum atomic E-state index is 13.7. The average molecular weight is 439 g/mol. The second kappa shape index (κ2) is 10.6. The number of fused-ring (bicyclic) bond motifs is 1. The Balaban J connectivity index is 2.03. The van der Waals surface area contributed by atoms with Crippen LogP contribution in [0, 0.1) is 0 Å². The van der Waals surface area contributed by atoms with Crippen LogP contribution in [0.3, 0.4) is 0 Å². The summed E-state index contributed by atoms with van der Waals surface area (Å²) in [6, 6.07) is 7.49. The summed E-state index contributed by atoms with van der Waals surface area (Å²) in [6.45, 7) is 6.99. The number of carbonyl (C=O) groups excluding carboxylic acids is 1. The third-order valence-corrected chi connectivity index (χ3v) is 7.14. The highest BCUT2D eigenvalue weighted by atomic mass is 31.2. The van der Waals surface area contributed by atoms with E-state index < -0.39 is 19.5 Å². The minimum Gasteiger partial charge on any atom is -0.449 e. The molecule has 2 aliphatic rings. The second-order valence-electron chi connectivity index (χ2n) is 6.78. The molecule has 2 heterocycles. The number of anilines is 1. The zero-order valence-electron chi connectivity index (χ0n) is 17.7. The summed E-state index contributed by atoms with van der Waals surface area (Å²) in [7, 11) is -3.68. The highest BCUT2D eigenvalue weighted by molar-refractivity contribution is 7.55. The number of benzene rings is 1. The topological polar surface area (TPSA) is 83.5 Å². The summed E-state index contributed by atoms with van der Waals surface area (Å²) in [5.74, 6) is -0.924. The molecular formula is C21H30NO7P. The van der Waals surface area contributed by atoms with Gasteiger partial charge in [-0.3, -0.25) is 9.46 Å². The number of allylic oxidation sites excluding steroid dienone is 1. The summed E-state index contributed by atoms with van der Waals surface area (Å²) < 4.78 is 41.3. The van der Waals surface area contributed by atoms with Gasteiger partial charge in [0, 0.05) is 12.0 Å². The lowest BCUT2D eigenvalue weighted by Crippen LogP contribution is -2.43. The van der Waals surface area contributed by atoms with Gasteiger partial charge in [0.1, 0.15) is 0 Å². The van der Waals surface area contributed by atoms with Gasteiger partial charge in [0.25, 0.3) is 0 Å². The number of hydrogen-bond acceptors (Lipinski definition) is 7. The molecule has 2 aliphatic heterocycles. The summed E-state index contributed by atoms with van der Waals surface area (Å²) in [5, 5.41) is 0. The molecule has 0 N–H and O–H groups in total. The Morgan fingerprint density at radius 3 is 2.40 bits per heavy atom. The SMILES string of the molecule is CCOC(=O)N1c2ccccc2C(CCC2OCCO2)=CC1P(=O)(OCC)OCC. The average Bonchev–Trinajstić information content (AvgIpc) is 3.25. The molecule has 1 saturated heterocycles. The first-order chi connectivity index (χ1) is 14.5. The van der Waals surface area contributed by atoms with E-state index in [4.69, 9.17) is 23.3 Å². The quantitative estimate of drug-likeness (QED) is 0.512. The maximum Gasteiger partial charge on any atom is 0.415 e. The number of hydrogen-bond donors (Lipinski definition) is 0. The molecule has 1 atom stereocenters. The molecule has 166 valence electrons. The summed E-state index contributed by atoms with van der Waals surface area (Å²) >= 11 is 0. The number of amides is 1. The fourth-order valence-electron chi connectivity index (χ4n) is 3.69. The van der Waals surface area contributed by atoms with Crippen LogP contribution in [0.2, 0.25) is 0 Å². The van der Waals surface area contributed by atoms with Crippen molar-refractivity contribution >= 4 is 24.9 Å². The van der Waals surface area contributed by atoms with Crippen molar-refractivity contribution in [3.05, 3.63) is 35.9 Å². The van der Waals surface area contributed by atoms with Gasteiger partial charge in [-0.05, 0) is 44.9 Å². The van der Waals surface area contributed by atoms with Gasteiger partial charge in [-0.15, -0.1) is 0 Å². The number of para-hydroxylation sites is 1. The molecule has 1 unspecified atom stereocenters. The molecule has 1 amide bonds. The lowest BCUT2D eigenvalue weighted by Gasteiger charge is -2.38. The Morgan fingerprint density at radius 2 is 1.77 bits per heavy atom. The zero-order valence-corrected chi connectivity index (χ0v) is 18.6. The smallest absolute Gasteiger partial charge is 0.415 e. The van der Waals surface area contributed by atoms with E-state index in [9.17, 15) is 9.36 Å². The largest absolute Gasteiger partial charge is 0.449 e. The van der Waals surface area contributed by atoms with Crippen molar-refractivity contribution in [3.63, 3.8) is 0 Å². The molecular weight excluding hydrogens is 409 g/mol. The Bertz CT molecular complexity index is 796. The lowest BCUT2D eigenvalue weighted by atomic mass is 9.95. The van der Waals surface area contributed by atoms with Gasteiger partial charge in [-0.25, -0.2) is 4.79 Å². The first-order valence-electron chi connectivity index (χ1n) is 10.4. The number of carbonyl (C=O) groups is 1. The van der Waals surface area contributed by atoms with Crippen LogP contribution in [0.5, 0.6) is 0 Å². The molecule has 0 saturated carbocycles. The summed E-state index contributed by atoms with van der Waals surface area (Å²) in [5.41, 5.74) is 2.43. The molecule has 0 spiro atoms. The minimum atomic E-state index is -3.68. The summed E-state index contributed by atoms with van der Waals surface area (Å²) in [6.07, 6.45) is 2.24. The van der Waals surface area contributed by atoms with Crippen molar-refractivity contribution in [1.82, 2.24) is 0 Å². The predicted octanol–water partition coefficient (Wildman–Crippen LogP) is 4.79. The van der Waals surface area contributed by atoms with Gasteiger partial charge in [0.2, 0.25) is 0 Å².